The van der Waals surface area contributed by atoms with Gasteiger partial charge in [-0.05, 0) is 284 Å². The maximum Gasteiger partial charge on any atom is 0.0578 e. The van der Waals surface area contributed by atoms with Gasteiger partial charge in [-0.3, -0.25) is 0 Å². The molecule has 0 saturated carbocycles. The molecule has 7 aromatic carbocycles. The van der Waals surface area contributed by atoms with E-state index in [0.29, 0.717) is 54.4 Å². The summed E-state index contributed by atoms with van der Waals surface area (Å²) in [6, 6.07) is 66.7. The van der Waals surface area contributed by atoms with Crippen LogP contribution in [0.3, 0.4) is 0 Å². The summed E-state index contributed by atoms with van der Waals surface area (Å²) >= 11 is 0. The standard InChI is InChI=1S/C21H30N2.C20H36N2.C17H22N2.2C14H24N2/c1-5-16(3)22-20-11-7-18(8-12-20)15-19-9-13-21(14-10-19)23-17(4)6-2;1-15(2)7-9-17(5)21-19-11-13-20(14-12-19)22-18(6)10-8-16(3)4;1-3-7-14(2)18-16-10-12-17(13-11-16)19-15-8-5-4-6-9-15;1-5-11(3)15-13-7-9-14(10-8-13)16-12(4)6-2;1-5-11(3)15-13-9-7-8-10-14(13)16-12(4)6-2/h7-14,16-17,22-23H,5-6,15H2,1-4H3;11-18,21-22H,7-10H2,1-6H3;4-6,8-14,18-19H,3,7H2,1-2H3;2*7-12,15-16H,5-6H2,1-4H3. The third-order valence-corrected chi connectivity index (χ3v) is 17.4. The first kappa shape index (κ1) is 82.8. The van der Waals surface area contributed by atoms with Gasteiger partial charge >= 0.3 is 0 Å². The third kappa shape index (κ3) is 37.2. The SMILES string of the molecule is CC(C)CCC(C)Nc1ccc(NC(C)CCC(C)C)cc1.CCC(C)Nc1ccc(Cc2ccc(NC(C)CC)cc2)cc1.CCC(C)Nc1ccc(NC(C)CC)cc1.CCC(C)Nc1ccccc1NC(C)CC.CCCC(C)Nc1ccc(Nc2ccccc2)cc1. The highest BCUT2D eigenvalue weighted by Crippen LogP contribution is 2.26. The van der Waals surface area contributed by atoms with E-state index in [9.17, 15) is 0 Å². The number of rotatable bonds is 36. The molecule has 7 rings (SSSR count). The maximum atomic E-state index is 3.59. The van der Waals surface area contributed by atoms with Crippen LogP contribution in [0.5, 0.6) is 0 Å². The van der Waals surface area contributed by atoms with Gasteiger partial charge in [-0.15, -0.1) is 0 Å². The van der Waals surface area contributed by atoms with Crippen LogP contribution in [0.2, 0.25) is 0 Å². The summed E-state index contributed by atoms with van der Waals surface area (Å²) in [7, 11) is 0. The Kier molecular flexibility index (Phi) is 41.6. The van der Waals surface area contributed by atoms with Crippen LogP contribution >= 0.6 is 0 Å². The Morgan fingerprint density at radius 1 is 0.219 bits per heavy atom. The van der Waals surface area contributed by atoms with Crippen LogP contribution in [0.1, 0.15) is 227 Å². The Hall–Kier alpha value is -7.46. The van der Waals surface area contributed by atoms with Crippen molar-refractivity contribution < 1.29 is 0 Å². The number of hydrogen-bond acceptors (Lipinski definition) is 10. The molecular formula is C86H136N10. The van der Waals surface area contributed by atoms with E-state index in [4.69, 9.17) is 0 Å². The largest absolute Gasteiger partial charge is 0.383 e. The van der Waals surface area contributed by atoms with Crippen molar-refractivity contribution in [2.75, 3.05) is 53.2 Å². The van der Waals surface area contributed by atoms with Crippen molar-refractivity contribution in [1.82, 2.24) is 0 Å². The molecule has 0 aromatic heterocycles. The first-order valence-electron chi connectivity index (χ1n) is 37.3. The highest BCUT2D eigenvalue weighted by atomic mass is 15.0. The lowest BCUT2D eigenvalue weighted by molar-refractivity contribution is 0.527. The van der Waals surface area contributed by atoms with Gasteiger partial charge in [0.05, 0.1) is 11.4 Å². The monoisotopic (exact) mass is 1310 g/mol. The second-order valence-electron chi connectivity index (χ2n) is 27.9. The zero-order valence-electron chi connectivity index (χ0n) is 63.8. The molecule has 96 heavy (non-hydrogen) atoms. The molecule has 530 valence electrons. The molecule has 10 nitrogen and oxygen atoms in total. The van der Waals surface area contributed by atoms with Crippen LogP contribution in [0.4, 0.5) is 62.6 Å². The predicted molar refractivity (Wildman–Crippen MR) is 434 cm³/mol. The van der Waals surface area contributed by atoms with E-state index in [1.807, 2.05) is 18.2 Å². The van der Waals surface area contributed by atoms with Crippen molar-refractivity contribution in [3.05, 3.63) is 187 Å². The van der Waals surface area contributed by atoms with E-state index in [1.165, 1.54) is 101 Å². The molecular weight excluding hydrogens is 1170 g/mol. The van der Waals surface area contributed by atoms with Crippen molar-refractivity contribution in [3.63, 3.8) is 0 Å². The first-order valence-corrected chi connectivity index (χ1v) is 37.3. The molecule has 0 fully saturated rings. The minimum Gasteiger partial charge on any atom is -0.383 e. The summed E-state index contributed by atoms with van der Waals surface area (Å²) in [5, 5.41) is 35.0. The van der Waals surface area contributed by atoms with Gasteiger partial charge in [0.15, 0.2) is 0 Å². The molecule has 9 unspecified atom stereocenters. The Balaban J connectivity index is 0.000000315. The van der Waals surface area contributed by atoms with E-state index in [0.717, 1.165) is 68.2 Å². The van der Waals surface area contributed by atoms with Gasteiger partial charge in [-0.1, -0.05) is 137 Å². The van der Waals surface area contributed by atoms with Crippen LogP contribution in [-0.2, 0) is 6.42 Å². The van der Waals surface area contributed by atoms with E-state index >= 15 is 0 Å². The lowest BCUT2D eigenvalue weighted by Gasteiger charge is -2.20. The molecule has 0 amide bonds. The number of nitrogens with one attached hydrogen (secondary N) is 10. The first-order chi connectivity index (χ1) is 46.1. The smallest absolute Gasteiger partial charge is 0.0578 e. The average Bonchev–Trinajstić information content (AvgIpc) is 1.89. The molecule has 0 spiro atoms. The van der Waals surface area contributed by atoms with Crippen molar-refractivity contribution in [2.45, 2.75) is 276 Å². The van der Waals surface area contributed by atoms with Gasteiger partial charge in [-0.25, -0.2) is 0 Å². The summed E-state index contributed by atoms with van der Waals surface area (Å²) in [5.41, 5.74) is 15.8. The molecule has 0 heterocycles. The fourth-order valence-electron chi connectivity index (χ4n) is 10.0. The van der Waals surface area contributed by atoms with Crippen LogP contribution in [0.25, 0.3) is 0 Å². The van der Waals surface area contributed by atoms with Crippen molar-refractivity contribution in [2.24, 2.45) is 11.8 Å². The minimum atomic E-state index is 0.514. The fourth-order valence-corrected chi connectivity index (χ4v) is 10.0. The molecule has 0 aliphatic heterocycles. The molecule has 10 heteroatoms. The van der Waals surface area contributed by atoms with Crippen LogP contribution in [-0.4, -0.2) is 54.4 Å². The van der Waals surface area contributed by atoms with E-state index in [2.05, 4.69) is 349 Å². The molecule has 7 aromatic rings. The van der Waals surface area contributed by atoms with E-state index in [-0.39, 0.29) is 0 Å². The molecule has 0 radical (unpaired) electrons. The van der Waals surface area contributed by atoms with E-state index < -0.39 is 0 Å². The highest BCUT2D eigenvalue weighted by Gasteiger charge is 2.10. The zero-order chi connectivity index (χ0) is 70.6. The summed E-state index contributed by atoms with van der Waals surface area (Å²) in [6.45, 7) is 44.5. The van der Waals surface area contributed by atoms with Crippen molar-refractivity contribution in [1.29, 1.82) is 0 Å². The van der Waals surface area contributed by atoms with Crippen LogP contribution < -0.4 is 53.2 Å². The Bertz CT molecular complexity index is 2830. The summed E-state index contributed by atoms with van der Waals surface area (Å²) in [6.07, 6.45) is 15.2. The average molecular weight is 1310 g/mol. The van der Waals surface area contributed by atoms with Gasteiger partial charge in [0.1, 0.15) is 0 Å². The number of hydrogen-bond donors (Lipinski definition) is 10. The number of para-hydroxylation sites is 3. The normalized spacial score (nSPS) is 13.6. The highest BCUT2D eigenvalue weighted by molar-refractivity contribution is 5.69. The lowest BCUT2D eigenvalue weighted by Crippen LogP contribution is -2.18. The number of benzene rings is 7. The molecule has 9 atom stereocenters. The summed E-state index contributed by atoms with van der Waals surface area (Å²) in [5.74, 6) is 1.56. The van der Waals surface area contributed by atoms with Crippen molar-refractivity contribution >= 4 is 62.6 Å². The Morgan fingerprint density at radius 2 is 0.448 bits per heavy atom. The maximum absolute atomic E-state index is 3.59. The van der Waals surface area contributed by atoms with Gasteiger partial charge < -0.3 is 53.2 Å². The van der Waals surface area contributed by atoms with Gasteiger partial charge in [0, 0.05) is 106 Å². The molecule has 0 bridgehead atoms. The topological polar surface area (TPSA) is 120 Å². The molecule has 0 saturated heterocycles. The van der Waals surface area contributed by atoms with E-state index in [1.54, 1.807) is 0 Å². The number of anilines is 11. The van der Waals surface area contributed by atoms with Gasteiger partial charge in [-0.2, -0.15) is 0 Å². The third-order valence-electron chi connectivity index (χ3n) is 17.4. The fraction of sp³-hybridized carbons (Fsp3) is 0.512. The Morgan fingerprint density at radius 3 is 0.719 bits per heavy atom. The quantitative estimate of drug-likeness (QED) is 0.0186. The second kappa shape index (κ2) is 48.3. The lowest BCUT2D eigenvalue weighted by atomic mass is 10.0. The van der Waals surface area contributed by atoms with Gasteiger partial charge in [0.25, 0.3) is 0 Å². The minimum absolute atomic E-state index is 0.514. The summed E-state index contributed by atoms with van der Waals surface area (Å²) < 4.78 is 0. The van der Waals surface area contributed by atoms with Gasteiger partial charge in [0.2, 0.25) is 0 Å². The van der Waals surface area contributed by atoms with Crippen molar-refractivity contribution in [3.8, 4) is 0 Å². The van der Waals surface area contributed by atoms with Crippen LogP contribution in [0, 0.1) is 11.8 Å². The molecule has 10 N–H and O–H groups in total. The molecule has 0 aliphatic rings. The Labute approximate surface area is 587 Å². The zero-order valence-corrected chi connectivity index (χ0v) is 63.8. The second-order valence-corrected chi connectivity index (χ2v) is 27.9. The predicted octanol–water partition coefficient (Wildman–Crippen LogP) is 25.1. The summed E-state index contributed by atoms with van der Waals surface area (Å²) in [4.78, 5) is 0. The molecule has 0 aliphatic carbocycles. The van der Waals surface area contributed by atoms with Crippen LogP contribution in [0.15, 0.2) is 176 Å².